The molecule has 0 saturated heterocycles. The topological polar surface area (TPSA) is 75.1 Å². The molecule has 1 aromatic carbocycles. The highest BCUT2D eigenvalue weighted by atomic mass is 35.5. The van der Waals surface area contributed by atoms with Gasteiger partial charge in [0.1, 0.15) is 11.3 Å². The molecule has 2 heterocycles. The molecule has 1 amide bonds. The van der Waals surface area contributed by atoms with Gasteiger partial charge in [-0.05, 0) is 29.8 Å². The zero-order valence-corrected chi connectivity index (χ0v) is 14.3. The lowest BCUT2D eigenvalue weighted by atomic mass is 9.97. The number of hydrogen-bond acceptors (Lipinski definition) is 4. The van der Waals surface area contributed by atoms with E-state index in [0.29, 0.717) is 21.5 Å². The van der Waals surface area contributed by atoms with E-state index in [-0.39, 0.29) is 24.1 Å². The number of amides is 1. The number of nitrogens with zero attached hydrogens (tertiary/aromatic N) is 2. The van der Waals surface area contributed by atoms with Crippen molar-refractivity contribution in [1.82, 2.24) is 15.3 Å². The second kappa shape index (κ2) is 7.47. The van der Waals surface area contributed by atoms with Gasteiger partial charge in [-0.1, -0.05) is 17.7 Å². The molecule has 0 aliphatic rings. The maximum Gasteiger partial charge on any atom is 0.217 e. The number of phenols is 1. The van der Waals surface area contributed by atoms with Crippen molar-refractivity contribution < 1.29 is 9.90 Å². The molecule has 5 nitrogen and oxygen atoms in total. The molecule has 124 valence electrons. The van der Waals surface area contributed by atoms with E-state index < -0.39 is 6.04 Å². The molecule has 7 heteroatoms. The summed E-state index contributed by atoms with van der Waals surface area (Å²) in [6, 6.07) is 8.20. The summed E-state index contributed by atoms with van der Waals surface area (Å²) in [5, 5.41) is 14.6. The molecule has 0 aliphatic heterocycles. The number of rotatable bonds is 3. The van der Waals surface area contributed by atoms with Crippen molar-refractivity contribution in [3.8, 4) is 5.75 Å². The molecule has 1 unspecified atom stereocenters. The van der Waals surface area contributed by atoms with Crippen molar-refractivity contribution in [2.75, 3.05) is 0 Å². The number of carbonyl (C=O) groups is 1. The van der Waals surface area contributed by atoms with Crippen molar-refractivity contribution in [3.05, 3.63) is 65.1 Å². The van der Waals surface area contributed by atoms with Gasteiger partial charge < -0.3 is 10.4 Å². The monoisotopic (exact) mass is 363 g/mol. The van der Waals surface area contributed by atoms with Gasteiger partial charge in [-0.25, -0.2) is 0 Å². The molecule has 2 N–H and O–H groups in total. The Kier molecular flexibility index (Phi) is 5.59. The number of hydrogen-bond donors (Lipinski definition) is 2. The van der Waals surface area contributed by atoms with Crippen LogP contribution in [0.25, 0.3) is 10.9 Å². The van der Waals surface area contributed by atoms with Crippen molar-refractivity contribution in [2.45, 2.75) is 13.0 Å². The lowest BCUT2D eigenvalue weighted by Crippen LogP contribution is -2.27. The highest BCUT2D eigenvalue weighted by molar-refractivity contribution is 6.35. The summed E-state index contributed by atoms with van der Waals surface area (Å²) in [6.45, 7) is 1.42. The van der Waals surface area contributed by atoms with Gasteiger partial charge in [0, 0.05) is 36.5 Å². The van der Waals surface area contributed by atoms with Gasteiger partial charge >= 0.3 is 0 Å². The molecule has 3 rings (SSSR count). The second-order valence-corrected chi connectivity index (χ2v) is 5.52. The molecule has 0 aliphatic carbocycles. The van der Waals surface area contributed by atoms with Crippen LogP contribution in [-0.4, -0.2) is 21.0 Å². The van der Waals surface area contributed by atoms with Crippen molar-refractivity contribution in [2.24, 2.45) is 0 Å². The van der Waals surface area contributed by atoms with Crippen molar-refractivity contribution >= 4 is 40.8 Å². The largest absolute Gasteiger partial charge is 0.505 e. The van der Waals surface area contributed by atoms with Gasteiger partial charge in [0.2, 0.25) is 5.91 Å². The molecule has 3 aromatic rings. The lowest BCUT2D eigenvalue weighted by molar-refractivity contribution is -0.119. The van der Waals surface area contributed by atoms with Crippen LogP contribution in [0.15, 0.2) is 48.9 Å². The van der Waals surface area contributed by atoms with E-state index in [1.807, 2.05) is 6.07 Å². The fraction of sp³-hybridized carbons (Fsp3) is 0.118. The number of phenolic OH excluding ortho intramolecular Hbond substituents is 1. The molecular weight excluding hydrogens is 349 g/mol. The summed E-state index contributed by atoms with van der Waals surface area (Å²) in [7, 11) is 0. The number of fused-ring (bicyclic) bond motifs is 1. The van der Waals surface area contributed by atoms with Crippen LogP contribution in [0.2, 0.25) is 5.02 Å². The average Bonchev–Trinajstić information content (AvgIpc) is 2.57. The third-order valence-corrected chi connectivity index (χ3v) is 3.83. The van der Waals surface area contributed by atoms with E-state index in [1.54, 1.807) is 42.9 Å². The quantitative estimate of drug-likeness (QED) is 0.744. The molecule has 0 bridgehead atoms. The molecule has 0 spiro atoms. The molecule has 2 aromatic heterocycles. The van der Waals surface area contributed by atoms with Gasteiger partial charge in [-0.15, -0.1) is 12.4 Å². The van der Waals surface area contributed by atoms with Gasteiger partial charge in [0.25, 0.3) is 0 Å². The van der Waals surface area contributed by atoms with Gasteiger partial charge in [-0.3, -0.25) is 14.8 Å². The van der Waals surface area contributed by atoms with E-state index in [9.17, 15) is 9.90 Å². The fourth-order valence-electron chi connectivity index (χ4n) is 2.52. The number of halogens is 2. The van der Waals surface area contributed by atoms with E-state index in [1.165, 1.54) is 6.92 Å². The molecule has 0 saturated carbocycles. The minimum Gasteiger partial charge on any atom is -0.505 e. The predicted octanol–water partition coefficient (Wildman–Crippen LogP) is 3.64. The number of aromatic hydroxyl groups is 1. The number of benzene rings is 1. The van der Waals surface area contributed by atoms with Gasteiger partial charge in [0.15, 0.2) is 0 Å². The first kappa shape index (κ1) is 18.0. The number of aromatic nitrogens is 2. The van der Waals surface area contributed by atoms with Crippen LogP contribution in [0.3, 0.4) is 0 Å². The lowest BCUT2D eigenvalue weighted by Gasteiger charge is -2.20. The maximum absolute atomic E-state index is 11.6. The summed E-state index contributed by atoms with van der Waals surface area (Å²) in [4.78, 5) is 19.9. The van der Waals surface area contributed by atoms with Crippen molar-refractivity contribution in [1.29, 1.82) is 0 Å². The Hall–Kier alpha value is -2.37. The molecule has 1 atom stereocenters. The first-order valence-corrected chi connectivity index (χ1v) is 7.39. The SMILES string of the molecule is CC(=O)NC(c1cccnc1)c1cc(Cl)c2cccnc2c1O.Cl. The average molecular weight is 364 g/mol. The Morgan fingerprint density at radius 1 is 1.29 bits per heavy atom. The smallest absolute Gasteiger partial charge is 0.217 e. The summed E-state index contributed by atoms with van der Waals surface area (Å²) in [5.74, 6) is -0.233. The Bertz CT molecular complexity index is 872. The predicted molar refractivity (Wildman–Crippen MR) is 95.6 cm³/mol. The van der Waals surface area contributed by atoms with Crippen LogP contribution in [0.1, 0.15) is 24.1 Å². The zero-order valence-electron chi connectivity index (χ0n) is 12.7. The molecule has 0 fully saturated rings. The standard InChI is InChI=1S/C17H14ClN3O2.ClH/c1-10(22)21-15(11-4-2-6-19-9-11)13-8-14(18)12-5-3-7-20-16(12)17(13)23;/h2-9,15,23H,1H3,(H,21,22);1H. The van der Waals surface area contributed by atoms with E-state index in [0.717, 1.165) is 5.56 Å². The van der Waals surface area contributed by atoms with E-state index >= 15 is 0 Å². The van der Waals surface area contributed by atoms with Crippen LogP contribution in [0, 0.1) is 0 Å². The third kappa shape index (κ3) is 3.42. The van der Waals surface area contributed by atoms with Crippen LogP contribution in [0.5, 0.6) is 5.75 Å². The Morgan fingerprint density at radius 3 is 2.71 bits per heavy atom. The van der Waals surface area contributed by atoms with Gasteiger partial charge in [0.05, 0.1) is 11.1 Å². The zero-order chi connectivity index (χ0) is 16.4. The molecule has 0 radical (unpaired) electrons. The Morgan fingerprint density at radius 2 is 2.04 bits per heavy atom. The summed E-state index contributed by atoms with van der Waals surface area (Å²) < 4.78 is 0. The van der Waals surface area contributed by atoms with Crippen molar-refractivity contribution in [3.63, 3.8) is 0 Å². The number of pyridine rings is 2. The Balaban J connectivity index is 0.00000208. The highest BCUT2D eigenvalue weighted by Gasteiger charge is 2.22. The van der Waals surface area contributed by atoms with E-state index in [4.69, 9.17) is 11.6 Å². The summed E-state index contributed by atoms with van der Waals surface area (Å²) in [6.07, 6.45) is 4.86. The van der Waals surface area contributed by atoms with E-state index in [2.05, 4.69) is 15.3 Å². The fourth-order valence-corrected chi connectivity index (χ4v) is 2.79. The normalized spacial score (nSPS) is 11.6. The minimum absolute atomic E-state index is 0. The second-order valence-electron chi connectivity index (χ2n) is 5.12. The number of carbonyl (C=O) groups excluding carboxylic acids is 1. The van der Waals surface area contributed by atoms with Gasteiger partial charge in [-0.2, -0.15) is 0 Å². The minimum atomic E-state index is -0.565. The third-order valence-electron chi connectivity index (χ3n) is 3.52. The molecule has 24 heavy (non-hydrogen) atoms. The summed E-state index contributed by atoms with van der Waals surface area (Å²) >= 11 is 6.32. The van der Waals surface area contributed by atoms with Crippen LogP contribution < -0.4 is 5.32 Å². The first-order chi connectivity index (χ1) is 11.1. The molecular formula is C17H15Cl2N3O2. The number of nitrogens with one attached hydrogen (secondary N) is 1. The first-order valence-electron chi connectivity index (χ1n) is 7.01. The summed E-state index contributed by atoms with van der Waals surface area (Å²) in [5.41, 5.74) is 1.61. The Labute approximate surface area is 150 Å². The van der Waals surface area contributed by atoms with Crippen LogP contribution in [0.4, 0.5) is 0 Å². The van der Waals surface area contributed by atoms with Crippen LogP contribution in [-0.2, 0) is 4.79 Å². The highest BCUT2D eigenvalue weighted by Crippen LogP contribution is 2.38. The van der Waals surface area contributed by atoms with Crippen LogP contribution >= 0.6 is 24.0 Å². The maximum atomic E-state index is 11.6.